The molecule has 1 aliphatic carbocycles. The van der Waals surface area contributed by atoms with Crippen LogP contribution in [-0.2, 0) is 16.0 Å². The predicted molar refractivity (Wildman–Crippen MR) is 86.8 cm³/mol. The highest BCUT2D eigenvalue weighted by atomic mass is 16.2. The average Bonchev–Trinajstić information content (AvgIpc) is 3.38. The summed E-state index contributed by atoms with van der Waals surface area (Å²) in [6.07, 6.45) is 4.53. The van der Waals surface area contributed by atoms with Gasteiger partial charge in [0.05, 0.1) is 5.92 Å². The van der Waals surface area contributed by atoms with Crippen molar-refractivity contribution in [3.63, 3.8) is 0 Å². The number of piperidine rings is 1. The summed E-state index contributed by atoms with van der Waals surface area (Å²) in [5, 5.41) is 2.90. The number of aryl methyl sites for hydroxylation is 2. The fraction of sp³-hybridized carbons (Fsp3) is 0.647. The Hall–Kier alpha value is -1.98. The van der Waals surface area contributed by atoms with Gasteiger partial charge in [-0.2, -0.15) is 0 Å². The molecule has 0 bridgehead atoms. The first-order valence-electron chi connectivity index (χ1n) is 8.51. The molecule has 6 nitrogen and oxygen atoms in total. The van der Waals surface area contributed by atoms with Gasteiger partial charge in [-0.3, -0.25) is 9.59 Å². The number of nitrogens with zero attached hydrogens (tertiary/aromatic N) is 3. The Labute approximate surface area is 136 Å². The third-order valence-corrected chi connectivity index (χ3v) is 4.53. The molecule has 6 heteroatoms. The van der Waals surface area contributed by atoms with E-state index in [-0.39, 0.29) is 23.7 Å². The molecule has 0 radical (unpaired) electrons. The van der Waals surface area contributed by atoms with Crippen LogP contribution in [-0.4, -0.2) is 39.8 Å². The minimum atomic E-state index is -0.146. The Balaban J connectivity index is 1.63. The summed E-state index contributed by atoms with van der Waals surface area (Å²) < 4.78 is 0. The number of hydrogen-bond acceptors (Lipinski definition) is 4. The van der Waals surface area contributed by atoms with Crippen molar-refractivity contribution in [1.82, 2.24) is 14.9 Å². The molecule has 2 fully saturated rings. The summed E-state index contributed by atoms with van der Waals surface area (Å²) in [4.78, 5) is 35.2. The molecule has 1 saturated carbocycles. The Kier molecular flexibility index (Phi) is 4.59. The van der Waals surface area contributed by atoms with Gasteiger partial charge >= 0.3 is 0 Å². The second-order valence-corrected chi connectivity index (χ2v) is 6.53. The molecule has 1 aromatic rings. The van der Waals surface area contributed by atoms with E-state index in [0.717, 1.165) is 44.3 Å². The molecule has 1 N–H and O–H groups in total. The Morgan fingerprint density at radius 2 is 2.04 bits per heavy atom. The number of likely N-dealkylation sites (tertiary alicyclic amines) is 1. The third-order valence-electron chi connectivity index (χ3n) is 4.53. The fourth-order valence-electron chi connectivity index (χ4n) is 3.08. The van der Waals surface area contributed by atoms with Gasteiger partial charge < -0.3 is 10.2 Å². The van der Waals surface area contributed by atoms with Gasteiger partial charge in [0.25, 0.3) is 0 Å². The minimum absolute atomic E-state index is 0.0431. The summed E-state index contributed by atoms with van der Waals surface area (Å²) in [5.41, 5.74) is 0.919. The van der Waals surface area contributed by atoms with Crippen LogP contribution in [0.4, 0.5) is 5.82 Å². The van der Waals surface area contributed by atoms with Crippen LogP contribution in [0.1, 0.15) is 44.1 Å². The zero-order valence-electron chi connectivity index (χ0n) is 13.8. The minimum Gasteiger partial charge on any atom is -0.342 e. The van der Waals surface area contributed by atoms with Crippen molar-refractivity contribution < 1.29 is 9.59 Å². The maximum absolute atomic E-state index is 12.5. The van der Waals surface area contributed by atoms with Crippen LogP contribution < -0.4 is 5.32 Å². The van der Waals surface area contributed by atoms with E-state index >= 15 is 0 Å². The van der Waals surface area contributed by atoms with Gasteiger partial charge in [0.2, 0.25) is 11.8 Å². The SMILES string of the molecule is CCc1cc(NC(=O)[C@@H]2CCCN(C(=O)C3CC3)C2)nc(C)n1. The van der Waals surface area contributed by atoms with E-state index in [4.69, 9.17) is 0 Å². The zero-order chi connectivity index (χ0) is 16.4. The second-order valence-electron chi connectivity index (χ2n) is 6.53. The van der Waals surface area contributed by atoms with Crippen molar-refractivity contribution in [3.8, 4) is 0 Å². The maximum Gasteiger partial charge on any atom is 0.230 e. The quantitative estimate of drug-likeness (QED) is 0.921. The predicted octanol–water partition coefficient (Wildman–Crippen LogP) is 1.93. The topological polar surface area (TPSA) is 75.2 Å². The van der Waals surface area contributed by atoms with E-state index in [1.165, 1.54) is 0 Å². The van der Waals surface area contributed by atoms with Crippen molar-refractivity contribution in [2.75, 3.05) is 18.4 Å². The number of anilines is 1. The lowest BCUT2D eigenvalue weighted by molar-refractivity contribution is -0.135. The number of carbonyl (C=O) groups excluding carboxylic acids is 2. The lowest BCUT2D eigenvalue weighted by atomic mass is 9.96. The normalized spacial score (nSPS) is 21.1. The van der Waals surface area contributed by atoms with Gasteiger partial charge in [-0.15, -0.1) is 0 Å². The highest BCUT2D eigenvalue weighted by Crippen LogP contribution is 2.32. The third kappa shape index (κ3) is 3.86. The number of rotatable bonds is 4. The van der Waals surface area contributed by atoms with E-state index < -0.39 is 0 Å². The molecule has 1 saturated heterocycles. The first-order chi connectivity index (χ1) is 11.1. The maximum atomic E-state index is 12.5. The Morgan fingerprint density at radius 3 is 2.74 bits per heavy atom. The van der Waals surface area contributed by atoms with Gasteiger partial charge in [0.1, 0.15) is 11.6 Å². The van der Waals surface area contributed by atoms with Crippen LogP contribution in [0.25, 0.3) is 0 Å². The number of aromatic nitrogens is 2. The van der Waals surface area contributed by atoms with Gasteiger partial charge in [-0.05, 0) is 39.0 Å². The average molecular weight is 316 g/mol. The van der Waals surface area contributed by atoms with Gasteiger partial charge in [0, 0.05) is 30.8 Å². The molecule has 1 aliphatic heterocycles. The van der Waals surface area contributed by atoms with Crippen LogP contribution >= 0.6 is 0 Å². The smallest absolute Gasteiger partial charge is 0.230 e. The molecular formula is C17H24N4O2. The van der Waals surface area contributed by atoms with E-state index in [0.29, 0.717) is 18.2 Å². The van der Waals surface area contributed by atoms with Crippen LogP contribution in [0.2, 0.25) is 0 Å². The molecule has 3 rings (SSSR count). The summed E-state index contributed by atoms with van der Waals surface area (Å²) in [6.45, 7) is 5.17. The lowest BCUT2D eigenvalue weighted by Crippen LogP contribution is -2.44. The molecule has 2 amide bonds. The first kappa shape index (κ1) is 15.9. The lowest BCUT2D eigenvalue weighted by Gasteiger charge is -2.32. The van der Waals surface area contributed by atoms with E-state index in [2.05, 4.69) is 15.3 Å². The highest BCUT2D eigenvalue weighted by Gasteiger charge is 2.36. The van der Waals surface area contributed by atoms with Crippen molar-refractivity contribution in [2.24, 2.45) is 11.8 Å². The largest absolute Gasteiger partial charge is 0.342 e. The molecule has 0 spiro atoms. The number of hydrogen-bond donors (Lipinski definition) is 1. The Morgan fingerprint density at radius 1 is 1.26 bits per heavy atom. The molecule has 23 heavy (non-hydrogen) atoms. The zero-order valence-corrected chi connectivity index (χ0v) is 13.8. The molecule has 2 heterocycles. The fourth-order valence-corrected chi connectivity index (χ4v) is 3.08. The summed E-state index contributed by atoms with van der Waals surface area (Å²) >= 11 is 0. The molecule has 1 atom stereocenters. The van der Waals surface area contributed by atoms with Crippen molar-refractivity contribution in [2.45, 2.75) is 46.0 Å². The summed E-state index contributed by atoms with van der Waals surface area (Å²) in [7, 11) is 0. The molecule has 2 aliphatic rings. The van der Waals surface area contributed by atoms with Gasteiger partial charge in [-0.1, -0.05) is 6.92 Å². The van der Waals surface area contributed by atoms with E-state index in [1.807, 2.05) is 24.8 Å². The summed E-state index contributed by atoms with van der Waals surface area (Å²) in [5.74, 6) is 1.48. The van der Waals surface area contributed by atoms with Crippen LogP contribution in [0.15, 0.2) is 6.07 Å². The monoisotopic (exact) mass is 316 g/mol. The van der Waals surface area contributed by atoms with Crippen LogP contribution in [0, 0.1) is 18.8 Å². The number of amides is 2. The Bertz CT molecular complexity index is 613. The molecule has 0 aromatic carbocycles. The molecule has 1 aromatic heterocycles. The van der Waals surface area contributed by atoms with Crippen molar-refractivity contribution in [3.05, 3.63) is 17.6 Å². The van der Waals surface area contributed by atoms with Crippen molar-refractivity contribution >= 4 is 17.6 Å². The van der Waals surface area contributed by atoms with Crippen molar-refractivity contribution in [1.29, 1.82) is 0 Å². The highest BCUT2D eigenvalue weighted by molar-refractivity contribution is 5.92. The first-order valence-corrected chi connectivity index (χ1v) is 8.51. The molecular weight excluding hydrogens is 292 g/mol. The standard InChI is InChI=1S/C17H24N4O2/c1-3-14-9-15(19-11(2)18-14)20-16(22)13-5-4-8-21(10-13)17(23)12-6-7-12/h9,12-13H,3-8,10H2,1-2H3,(H,18,19,20,22)/t13-/m1/s1. The van der Waals surface area contributed by atoms with Crippen LogP contribution in [0.5, 0.6) is 0 Å². The van der Waals surface area contributed by atoms with Gasteiger partial charge in [0.15, 0.2) is 0 Å². The number of nitrogens with one attached hydrogen (secondary N) is 1. The van der Waals surface area contributed by atoms with Crippen LogP contribution in [0.3, 0.4) is 0 Å². The molecule has 124 valence electrons. The number of carbonyl (C=O) groups is 2. The van der Waals surface area contributed by atoms with E-state index in [9.17, 15) is 9.59 Å². The van der Waals surface area contributed by atoms with E-state index in [1.54, 1.807) is 0 Å². The summed E-state index contributed by atoms with van der Waals surface area (Å²) in [6, 6.07) is 1.82. The van der Waals surface area contributed by atoms with Gasteiger partial charge in [-0.25, -0.2) is 9.97 Å². The second kappa shape index (κ2) is 6.64. The molecule has 0 unspecified atom stereocenters.